The molecule has 0 amide bonds. The average Bonchev–Trinajstić information content (AvgIpc) is 3.05. The van der Waals surface area contributed by atoms with Crippen molar-refractivity contribution in [1.82, 2.24) is 14.8 Å². The van der Waals surface area contributed by atoms with Crippen LogP contribution in [0, 0.1) is 17.3 Å². The molecule has 1 aromatic heterocycles. The van der Waals surface area contributed by atoms with Gasteiger partial charge in [0.15, 0.2) is 0 Å². The Hall–Kier alpha value is -2.03. The molecule has 0 aliphatic rings. The van der Waals surface area contributed by atoms with Crippen LogP contribution in [0.4, 0.5) is 0 Å². The highest BCUT2D eigenvalue weighted by atomic mass is 35.5. The van der Waals surface area contributed by atoms with Crippen LogP contribution in [0.3, 0.4) is 0 Å². The maximum atomic E-state index is 6.16. The molecule has 1 heterocycles. The summed E-state index contributed by atoms with van der Waals surface area (Å²) in [5.41, 5.74) is -0.196. The fourth-order valence-electron chi connectivity index (χ4n) is 2.22. The van der Waals surface area contributed by atoms with Crippen LogP contribution in [0.5, 0.6) is 5.75 Å². The third kappa shape index (κ3) is 4.98. The second-order valence-electron chi connectivity index (χ2n) is 6.36. The summed E-state index contributed by atoms with van der Waals surface area (Å²) in [6, 6.07) is 7.20. The minimum absolute atomic E-state index is 0.196. The maximum Gasteiger partial charge on any atom is 0.219 e. The summed E-state index contributed by atoms with van der Waals surface area (Å²) >= 11 is 5.94. The van der Waals surface area contributed by atoms with Crippen LogP contribution in [0.25, 0.3) is 0 Å². The highest BCUT2D eigenvalue weighted by Gasteiger charge is 2.36. The van der Waals surface area contributed by atoms with Gasteiger partial charge < -0.3 is 9.47 Å². The molecule has 0 spiro atoms. The molecule has 2 rings (SSSR count). The van der Waals surface area contributed by atoms with Gasteiger partial charge in [0.05, 0.1) is 0 Å². The Balaban J connectivity index is 2.31. The Morgan fingerprint density at radius 3 is 2.50 bits per heavy atom. The van der Waals surface area contributed by atoms with E-state index in [1.165, 1.54) is 6.33 Å². The van der Waals surface area contributed by atoms with Crippen molar-refractivity contribution in [1.29, 1.82) is 0 Å². The Kier molecular flexibility index (Phi) is 6.24. The van der Waals surface area contributed by atoms with Crippen molar-refractivity contribution in [2.24, 2.45) is 5.41 Å². The first-order valence-corrected chi connectivity index (χ1v) is 8.07. The van der Waals surface area contributed by atoms with E-state index in [1.54, 1.807) is 30.1 Å². The first-order valence-electron chi connectivity index (χ1n) is 7.69. The highest BCUT2D eigenvalue weighted by Crippen LogP contribution is 2.33. The zero-order valence-electron chi connectivity index (χ0n) is 14.4. The molecule has 5 nitrogen and oxygen atoms in total. The van der Waals surface area contributed by atoms with Crippen LogP contribution in [0.15, 0.2) is 36.9 Å². The molecule has 0 fully saturated rings. The van der Waals surface area contributed by atoms with Gasteiger partial charge in [-0.05, 0) is 36.6 Å². The Bertz CT molecular complexity index is 682. The lowest BCUT2D eigenvalue weighted by atomic mass is 9.87. The van der Waals surface area contributed by atoms with Gasteiger partial charge in [-0.25, -0.2) is 9.67 Å². The van der Waals surface area contributed by atoms with Crippen LogP contribution >= 0.6 is 11.6 Å². The van der Waals surface area contributed by atoms with E-state index >= 15 is 0 Å². The number of aromatic nitrogens is 3. The number of benzene rings is 1. The van der Waals surface area contributed by atoms with Gasteiger partial charge in [-0.15, -0.1) is 5.92 Å². The predicted molar refractivity (Wildman–Crippen MR) is 93.8 cm³/mol. The Morgan fingerprint density at radius 1 is 1.25 bits per heavy atom. The van der Waals surface area contributed by atoms with E-state index in [0.717, 1.165) is 0 Å². The topological polar surface area (TPSA) is 49.2 Å². The zero-order chi connectivity index (χ0) is 17.6. The molecular formula is C18H22ClN3O2. The van der Waals surface area contributed by atoms with E-state index in [2.05, 4.69) is 42.7 Å². The van der Waals surface area contributed by atoms with Crippen LogP contribution in [-0.2, 0) is 4.74 Å². The van der Waals surface area contributed by atoms with Crippen molar-refractivity contribution in [3.63, 3.8) is 0 Å². The Morgan fingerprint density at radius 2 is 1.96 bits per heavy atom. The first-order chi connectivity index (χ1) is 11.4. The van der Waals surface area contributed by atoms with Gasteiger partial charge in [0.25, 0.3) is 0 Å². The van der Waals surface area contributed by atoms with Gasteiger partial charge in [0.1, 0.15) is 31.1 Å². The first kappa shape index (κ1) is 18.3. The van der Waals surface area contributed by atoms with Crippen molar-refractivity contribution in [2.75, 3.05) is 6.61 Å². The number of hydrogen-bond donors (Lipinski definition) is 0. The van der Waals surface area contributed by atoms with E-state index in [9.17, 15) is 0 Å². The Labute approximate surface area is 147 Å². The third-order valence-electron chi connectivity index (χ3n) is 3.39. The molecule has 0 saturated carbocycles. The minimum atomic E-state index is -0.479. The largest absolute Gasteiger partial charge is 0.466 e. The van der Waals surface area contributed by atoms with Gasteiger partial charge in [-0.2, -0.15) is 5.10 Å². The molecule has 0 N–H and O–H groups in total. The smallest absolute Gasteiger partial charge is 0.219 e. The van der Waals surface area contributed by atoms with E-state index in [0.29, 0.717) is 17.4 Å². The van der Waals surface area contributed by atoms with Crippen LogP contribution in [-0.4, -0.2) is 27.5 Å². The summed E-state index contributed by atoms with van der Waals surface area (Å²) in [4.78, 5) is 4.03. The van der Waals surface area contributed by atoms with Crippen molar-refractivity contribution >= 4 is 11.6 Å². The van der Waals surface area contributed by atoms with Gasteiger partial charge in [0, 0.05) is 5.02 Å². The molecule has 2 unspecified atom stereocenters. The molecule has 0 bridgehead atoms. The number of rotatable bonds is 6. The van der Waals surface area contributed by atoms with Crippen LogP contribution < -0.4 is 4.74 Å². The average molecular weight is 348 g/mol. The van der Waals surface area contributed by atoms with Crippen molar-refractivity contribution in [3.8, 4) is 17.6 Å². The molecule has 0 aliphatic heterocycles. The van der Waals surface area contributed by atoms with Crippen molar-refractivity contribution in [3.05, 3.63) is 41.9 Å². The lowest BCUT2D eigenvalue weighted by Gasteiger charge is -2.36. The summed E-state index contributed by atoms with van der Waals surface area (Å²) in [6.45, 7) is 8.38. The third-order valence-corrected chi connectivity index (χ3v) is 3.64. The SMILES string of the molecule is CC#CCOC(C(Oc1ccc(Cl)cc1)n1cncn1)C(C)(C)C. The second-order valence-corrected chi connectivity index (χ2v) is 6.80. The summed E-state index contributed by atoms with van der Waals surface area (Å²) in [7, 11) is 0. The quantitative estimate of drug-likeness (QED) is 0.742. The fourth-order valence-corrected chi connectivity index (χ4v) is 2.35. The number of halogens is 1. The summed E-state index contributed by atoms with van der Waals surface area (Å²) < 4.78 is 13.8. The highest BCUT2D eigenvalue weighted by molar-refractivity contribution is 6.30. The molecule has 0 saturated heterocycles. The minimum Gasteiger partial charge on any atom is -0.466 e. The molecule has 0 aliphatic carbocycles. The van der Waals surface area contributed by atoms with E-state index < -0.39 is 6.23 Å². The summed E-state index contributed by atoms with van der Waals surface area (Å²) in [5, 5.41) is 4.89. The molecular weight excluding hydrogens is 326 g/mol. The van der Waals surface area contributed by atoms with Gasteiger partial charge >= 0.3 is 0 Å². The van der Waals surface area contributed by atoms with Gasteiger partial charge in [-0.1, -0.05) is 38.3 Å². The second kappa shape index (κ2) is 8.18. The molecule has 128 valence electrons. The monoisotopic (exact) mass is 347 g/mol. The van der Waals surface area contributed by atoms with Gasteiger partial charge in [-0.3, -0.25) is 0 Å². The lowest BCUT2D eigenvalue weighted by molar-refractivity contribution is -0.105. The summed E-state index contributed by atoms with van der Waals surface area (Å²) in [5.74, 6) is 6.45. The normalized spacial score (nSPS) is 13.7. The number of hydrogen-bond acceptors (Lipinski definition) is 4. The van der Waals surface area contributed by atoms with Crippen LogP contribution in [0.2, 0.25) is 5.02 Å². The number of nitrogens with zero attached hydrogens (tertiary/aromatic N) is 3. The lowest BCUT2D eigenvalue weighted by Crippen LogP contribution is -2.41. The van der Waals surface area contributed by atoms with Crippen molar-refractivity contribution < 1.29 is 9.47 Å². The van der Waals surface area contributed by atoms with E-state index in [1.807, 2.05) is 12.1 Å². The van der Waals surface area contributed by atoms with Crippen molar-refractivity contribution in [2.45, 2.75) is 40.0 Å². The molecule has 1 aromatic carbocycles. The van der Waals surface area contributed by atoms with Gasteiger partial charge in [0.2, 0.25) is 6.23 Å². The number of ether oxygens (including phenoxy) is 2. The standard InChI is InChI=1S/C18H22ClN3O2/c1-5-6-11-23-16(18(2,3)4)17(22-13-20-12-21-22)24-15-9-7-14(19)8-10-15/h7-10,12-13,16-17H,11H2,1-4H3. The molecule has 24 heavy (non-hydrogen) atoms. The van der Waals surface area contributed by atoms with Crippen LogP contribution in [0.1, 0.15) is 33.9 Å². The van der Waals surface area contributed by atoms with E-state index in [4.69, 9.17) is 21.1 Å². The fraction of sp³-hybridized carbons (Fsp3) is 0.444. The molecule has 0 radical (unpaired) electrons. The molecule has 6 heteroatoms. The summed E-state index contributed by atoms with van der Waals surface area (Å²) in [6.07, 6.45) is 2.33. The molecule has 2 aromatic rings. The molecule has 2 atom stereocenters. The predicted octanol–water partition coefficient (Wildman–Crippen LogP) is 3.96. The zero-order valence-corrected chi connectivity index (χ0v) is 15.1. The maximum absolute atomic E-state index is 6.16. The van der Waals surface area contributed by atoms with E-state index in [-0.39, 0.29) is 11.5 Å².